The predicted molar refractivity (Wildman–Crippen MR) is 66.1 cm³/mol. The van der Waals surface area contributed by atoms with Crippen LogP contribution in [0.15, 0.2) is 18.2 Å². The van der Waals surface area contributed by atoms with Crippen LogP contribution in [0.25, 0.3) is 0 Å². The topological polar surface area (TPSA) is 67.6 Å². The summed E-state index contributed by atoms with van der Waals surface area (Å²) in [6.45, 7) is 2.17. The molecule has 0 aliphatic carbocycles. The van der Waals surface area contributed by atoms with Crippen molar-refractivity contribution < 1.29 is 9.53 Å². The van der Waals surface area contributed by atoms with Crippen molar-refractivity contribution in [3.8, 4) is 5.75 Å². The Morgan fingerprint density at radius 3 is 3.12 bits per heavy atom. The van der Waals surface area contributed by atoms with Crippen LogP contribution >= 0.6 is 0 Å². The zero-order chi connectivity index (χ0) is 12.3. The fraction of sp³-hybridized carbons (Fsp3) is 0.417. The number of ether oxygens (including phenoxy) is 1. The zero-order valence-corrected chi connectivity index (χ0v) is 9.90. The Hall–Kier alpha value is -1.75. The number of nitrogens with one attached hydrogen (secondary N) is 1. The van der Waals surface area contributed by atoms with Gasteiger partial charge in [-0.15, -0.1) is 0 Å². The first-order chi connectivity index (χ1) is 8.24. The highest BCUT2D eigenvalue weighted by molar-refractivity contribution is 5.82. The minimum Gasteiger partial charge on any atom is -0.490 e. The van der Waals surface area contributed by atoms with Gasteiger partial charge in [-0.2, -0.15) is 0 Å². The largest absolute Gasteiger partial charge is 0.490 e. The quantitative estimate of drug-likeness (QED) is 0.779. The van der Waals surface area contributed by atoms with Crippen LogP contribution in [0.5, 0.6) is 5.75 Å². The number of rotatable bonds is 3. The standard InChI is InChI=1S/C12H17N3O2/c1-14-12(16)8-15-4-5-17-11-6-9(7-13)2-3-10(11)15/h2-3,6H,4-5,7-8,13H2,1H3,(H,14,16). The number of anilines is 1. The van der Waals surface area contributed by atoms with Crippen LogP contribution in [0, 0.1) is 0 Å². The maximum Gasteiger partial charge on any atom is 0.239 e. The van der Waals surface area contributed by atoms with E-state index in [2.05, 4.69) is 5.32 Å². The molecule has 1 heterocycles. The number of nitrogens with zero attached hydrogens (tertiary/aromatic N) is 1. The van der Waals surface area contributed by atoms with Gasteiger partial charge in [0.15, 0.2) is 0 Å². The summed E-state index contributed by atoms with van der Waals surface area (Å²) in [5, 5.41) is 2.62. The van der Waals surface area contributed by atoms with Crippen molar-refractivity contribution in [1.29, 1.82) is 0 Å². The van der Waals surface area contributed by atoms with Gasteiger partial charge in [-0.1, -0.05) is 6.07 Å². The third-order valence-electron chi connectivity index (χ3n) is 2.83. The highest BCUT2D eigenvalue weighted by Crippen LogP contribution is 2.32. The molecule has 0 spiro atoms. The van der Waals surface area contributed by atoms with Gasteiger partial charge in [0, 0.05) is 13.6 Å². The average Bonchev–Trinajstić information content (AvgIpc) is 2.38. The normalized spacial score (nSPS) is 13.9. The van der Waals surface area contributed by atoms with Crippen molar-refractivity contribution in [3.63, 3.8) is 0 Å². The molecule has 92 valence electrons. The Kier molecular flexibility index (Phi) is 3.49. The molecule has 5 nitrogen and oxygen atoms in total. The maximum atomic E-state index is 11.4. The second-order valence-corrected chi connectivity index (χ2v) is 3.95. The summed E-state index contributed by atoms with van der Waals surface area (Å²) in [5.41, 5.74) is 7.58. The summed E-state index contributed by atoms with van der Waals surface area (Å²) in [7, 11) is 1.64. The molecule has 0 unspecified atom stereocenters. The van der Waals surface area contributed by atoms with E-state index in [9.17, 15) is 4.79 Å². The Balaban J connectivity index is 2.22. The molecule has 0 atom stereocenters. The number of carbonyl (C=O) groups excluding carboxylic acids is 1. The lowest BCUT2D eigenvalue weighted by molar-refractivity contribution is -0.119. The summed E-state index contributed by atoms with van der Waals surface area (Å²) in [4.78, 5) is 13.4. The molecule has 1 aliphatic heterocycles. The van der Waals surface area contributed by atoms with Crippen molar-refractivity contribution in [2.24, 2.45) is 5.73 Å². The second-order valence-electron chi connectivity index (χ2n) is 3.95. The van der Waals surface area contributed by atoms with Crippen molar-refractivity contribution in [2.75, 3.05) is 31.6 Å². The fourth-order valence-corrected chi connectivity index (χ4v) is 1.87. The van der Waals surface area contributed by atoms with Gasteiger partial charge in [0.2, 0.25) is 5.91 Å². The minimum atomic E-state index is 0.000696. The number of likely N-dealkylation sites (N-methyl/N-ethyl adjacent to an activating group) is 1. The SMILES string of the molecule is CNC(=O)CN1CCOc2cc(CN)ccc21. The van der Waals surface area contributed by atoms with E-state index in [0.717, 1.165) is 23.5 Å². The summed E-state index contributed by atoms with van der Waals surface area (Å²) >= 11 is 0. The Morgan fingerprint density at radius 1 is 1.59 bits per heavy atom. The van der Waals surface area contributed by atoms with Crippen LogP contribution in [0.4, 0.5) is 5.69 Å². The van der Waals surface area contributed by atoms with Crippen LogP contribution in [0.1, 0.15) is 5.56 Å². The molecule has 3 N–H and O–H groups in total. The molecule has 1 aliphatic rings. The van der Waals surface area contributed by atoms with Gasteiger partial charge >= 0.3 is 0 Å². The number of nitrogens with two attached hydrogens (primary N) is 1. The van der Waals surface area contributed by atoms with Crippen LogP contribution in [0.3, 0.4) is 0 Å². The predicted octanol–water partition coefficient (Wildman–Crippen LogP) is 0.0901. The number of benzene rings is 1. The number of hydrogen-bond donors (Lipinski definition) is 2. The zero-order valence-electron chi connectivity index (χ0n) is 9.90. The van der Waals surface area contributed by atoms with Gasteiger partial charge in [-0.05, 0) is 17.7 Å². The Labute approximate surface area is 101 Å². The Bertz CT molecular complexity index is 420. The van der Waals surface area contributed by atoms with Gasteiger partial charge < -0.3 is 20.7 Å². The van der Waals surface area contributed by atoms with Gasteiger partial charge in [0.25, 0.3) is 0 Å². The molecular weight excluding hydrogens is 218 g/mol. The van der Waals surface area contributed by atoms with Crippen LogP contribution in [-0.2, 0) is 11.3 Å². The second kappa shape index (κ2) is 5.05. The molecule has 1 aromatic carbocycles. The molecule has 17 heavy (non-hydrogen) atoms. The molecule has 0 fully saturated rings. The van der Waals surface area contributed by atoms with E-state index in [-0.39, 0.29) is 5.91 Å². The van der Waals surface area contributed by atoms with E-state index in [1.807, 2.05) is 23.1 Å². The fourth-order valence-electron chi connectivity index (χ4n) is 1.87. The summed E-state index contributed by atoms with van der Waals surface area (Å²) in [6.07, 6.45) is 0. The molecule has 1 aromatic rings. The van der Waals surface area contributed by atoms with Crippen molar-refractivity contribution in [1.82, 2.24) is 5.32 Å². The van der Waals surface area contributed by atoms with E-state index in [4.69, 9.17) is 10.5 Å². The van der Waals surface area contributed by atoms with Crippen molar-refractivity contribution in [2.45, 2.75) is 6.54 Å². The molecule has 5 heteroatoms. The summed E-state index contributed by atoms with van der Waals surface area (Å²) in [6, 6.07) is 5.86. The van der Waals surface area contributed by atoms with Crippen LogP contribution < -0.4 is 20.7 Å². The van der Waals surface area contributed by atoms with E-state index < -0.39 is 0 Å². The molecule has 2 rings (SSSR count). The number of carbonyl (C=O) groups is 1. The number of hydrogen-bond acceptors (Lipinski definition) is 4. The van der Waals surface area contributed by atoms with E-state index in [0.29, 0.717) is 19.7 Å². The molecule has 0 bridgehead atoms. The van der Waals surface area contributed by atoms with E-state index >= 15 is 0 Å². The van der Waals surface area contributed by atoms with E-state index in [1.54, 1.807) is 7.05 Å². The smallest absolute Gasteiger partial charge is 0.239 e. The van der Waals surface area contributed by atoms with Gasteiger partial charge in [-0.3, -0.25) is 4.79 Å². The summed E-state index contributed by atoms with van der Waals surface area (Å²) in [5.74, 6) is 0.809. The third-order valence-corrected chi connectivity index (χ3v) is 2.83. The first-order valence-corrected chi connectivity index (χ1v) is 5.66. The van der Waals surface area contributed by atoms with Crippen molar-refractivity contribution in [3.05, 3.63) is 23.8 Å². The number of fused-ring (bicyclic) bond motifs is 1. The van der Waals surface area contributed by atoms with Crippen LogP contribution in [0.2, 0.25) is 0 Å². The van der Waals surface area contributed by atoms with E-state index in [1.165, 1.54) is 0 Å². The van der Waals surface area contributed by atoms with Gasteiger partial charge in [-0.25, -0.2) is 0 Å². The molecule has 1 amide bonds. The first-order valence-electron chi connectivity index (χ1n) is 5.66. The minimum absolute atomic E-state index is 0.000696. The van der Waals surface area contributed by atoms with Crippen LogP contribution in [-0.4, -0.2) is 32.7 Å². The lowest BCUT2D eigenvalue weighted by atomic mass is 10.1. The molecule has 0 saturated heterocycles. The lowest BCUT2D eigenvalue weighted by Crippen LogP contribution is -2.40. The third kappa shape index (κ3) is 2.50. The Morgan fingerprint density at radius 2 is 2.41 bits per heavy atom. The monoisotopic (exact) mass is 235 g/mol. The molecule has 0 aromatic heterocycles. The summed E-state index contributed by atoms with van der Waals surface area (Å²) < 4.78 is 5.58. The first kappa shape index (κ1) is 11.7. The van der Waals surface area contributed by atoms with Gasteiger partial charge in [0.1, 0.15) is 12.4 Å². The van der Waals surface area contributed by atoms with Gasteiger partial charge in [0.05, 0.1) is 18.8 Å². The maximum absolute atomic E-state index is 11.4. The highest BCUT2D eigenvalue weighted by Gasteiger charge is 2.19. The highest BCUT2D eigenvalue weighted by atomic mass is 16.5. The molecule has 0 radical (unpaired) electrons. The average molecular weight is 235 g/mol. The number of amides is 1. The molecule has 0 saturated carbocycles. The lowest BCUT2D eigenvalue weighted by Gasteiger charge is -2.30. The van der Waals surface area contributed by atoms with Crippen molar-refractivity contribution >= 4 is 11.6 Å². The molecular formula is C12H17N3O2.